The van der Waals surface area contributed by atoms with Gasteiger partial charge >= 0.3 is 0 Å². The molecule has 0 spiro atoms. The monoisotopic (exact) mass is 538 g/mol. The van der Waals surface area contributed by atoms with E-state index in [1.807, 2.05) is 37.4 Å². The summed E-state index contributed by atoms with van der Waals surface area (Å²) in [5, 5.41) is 5.83. The molecule has 1 unspecified atom stereocenters. The van der Waals surface area contributed by atoms with Crippen molar-refractivity contribution in [2.45, 2.75) is 38.1 Å². The molecule has 2 N–H and O–H groups in total. The largest absolute Gasteiger partial charge is 0.339 e. The molecule has 0 aromatic heterocycles. The van der Waals surface area contributed by atoms with Crippen LogP contribution in [0.25, 0.3) is 0 Å². The van der Waals surface area contributed by atoms with Gasteiger partial charge in [0.2, 0.25) is 11.8 Å². The number of benzene rings is 3. The number of carbonyl (C=O) groups is 4. The number of carbonyl (C=O) groups excluding carboxylic acids is 4. The molecule has 3 aromatic rings. The van der Waals surface area contributed by atoms with Crippen LogP contribution in [-0.2, 0) is 16.0 Å². The van der Waals surface area contributed by atoms with Crippen LogP contribution in [0.1, 0.15) is 52.0 Å². The normalized spacial score (nSPS) is 16.6. The van der Waals surface area contributed by atoms with E-state index in [-0.39, 0.29) is 36.0 Å². The summed E-state index contributed by atoms with van der Waals surface area (Å²) in [7, 11) is 1.82. The fraction of sp³-hybridized carbons (Fsp3) is 0.312. The second-order valence-electron chi connectivity index (χ2n) is 10.6. The zero-order valence-corrected chi connectivity index (χ0v) is 22.6. The lowest BCUT2D eigenvalue weighted by Gasteiger charge is -2.32. The fourth-order valence-electron chi connectivity index (χ4n) is 5.01. The van der Waals surface area contributed by atoms with Gasteiger partial charge in [0.25, 0.3) is 11.8 Å². The van der Waals surface area contributed by atoms with Gasteiger partial charge in [0.15, 0.2) is 0 Å². The molecule has 8 nitrogen and oxygen atoms in total. The van der Waals surface area contributed by atoms with Gasteiger partial charge in [-0.1, -0.05) is 30.3 Å². The maximum Gasteiger partial charge on any atom is 0.253 e. The Morgan fingerprint density at radius 1 is 0.800 bits per heavy atom. The Bertz CT molecular complexity index is 1370. The zero-order valence-electron chi connectivity index (χ0n) is 22.6. The molecule has 2 aliphatic rings. The molecule has 206 valence electrons. The van der Waals surface area contributed by atoms with Crippen molar-refractivity contribution in [3.05, 3.63) is 95.6 Å². The molecule has 1 saturated carbocycles. The molecule has 1 aliphatic carbocycles. The van der Waals surface area contributed by atoms with Crippen molar-refractivity contribution in [2.24, 2.45) is 5.92 Å². The Kier molecular flexibility index (Phi) is 8.24. The summed E-state index contributed by atoms with van der Waals surface area (Å²) in [5.41, 5.74) is 3.33. The molecule has 3 aromatic carbocycles. The molecular weight excluding hydrogens is 504 g/mol. The van der Waals surface area contributed by atoms with Crippen molar-refractivity contribution in [1.82, 2.24) is 9.80 Å². The van der Waals surface area contributed by atoms with E-state index < -0.39 is 0 Å². The minimum absolute atomic E-state index is 0.00552. The molecule has 4 amide bonds. The number of hydrogen-bond acceptors (Lipinski definition) is 4. The molecule has 0 radical (unpaired) electrons. The third-order valence-electron chi connectivity index (χ3n) is 7.52. The first kappa shape index (κ1) is 27.1. The Labute approximate surface area is 234 Å². The van der Waals surface area contributed by atoms with E-state index in [1.54, 1.807) is 58.3 Å². The zero-order chi connectivity index (χ0) is 28.1. The predicted octanol–water partition coefficient (Wildman–Crippen LogP) is 4.59. The minimum Gasteiger partial charge on any atom is -0.339 e. The van der Waals surface area contributed by atoms with Crippen LogP contribution in [0, 0.1) is 5.92 Å². The topological polar surface area (TPSA) is 98.8 Å². The van der Waals surface area contributed by atoms with Crippen LogP contribution in [0.15, 0.2) is 78.9 Å². The van der Waals surface area contributed by atoms with Gasteiger partial charge in [-0.15, -0.1) is 0 Å². The Balaban J connectivity index is 1.10. The molecule has 1 heterocycles. The highest BCUT2D eigenvalue weighted by molar-refractivity contribution is 5.97. The first-order valence-electron chi connectivity index (χ1n) is 13.8. The van der Waals surface area contributed by atoms with Crippen molar-refractivity contribution >= 4 is 35.0 Å². The second-order valence-corrected chi connectivity index (χ2v) is 10.6. The Hall–Kier alpha value is -4.46. The third kappa shape index (κ3) is 6.75. The van der Waals surface area contributed by atoms with Crippen LogP contribution in [0.3, 0.4) is 0 Å². The van der Waals surface area contributed by atoms with Crippen molar-refractivity contribution in [1.29, 1.82) is 0 Å². The number of rotatable bonds is 8. The standard InChI is InChI=1S/C32H34N4O4/c1-35(28-17-18-28)31(39)24-11-15-26(16-12-24)33-29(37)20-22-9-13-27(14-10-22)34-30(38)25-8-5-19-36(21-25)32(40)23-6-3-2-4-7-23/h2-4,6-7,9-16,25,28H,5,8,17-21H2,1H3,(H,33,37)(H,34,38). The number of nitrogens with one attached hydrogen (secondary N) is 2. The number of anilines is 2. The summed E-state index contributed by atoms with van der Waals surface area (Å²) in [5.74, 6) is -0.610. The molecule has 1 atom stereocenters. The first-order valence-corrected chi connectivity index (χ1v) is 13.8. The predicted molar refractivity (Wildman–Crippen MR) is 154 cm³/mol. The fourth-order valence-corrected chi connectivity index (χ4v) is 5.01. The first-order chi connectivity index (χ1) is 19.4. The molecule has 1 saturated heterocycles. The van der Waals surface area contributed by atoms with Gasteiger partial charge in [-0.2, -0.15) is 0 Å². The summed E-state index contributed by atoms with van der Waals surface area (Å²) in [6.07, 6.45) is 3.80. The van der Waals surface area contributed by atoms with Crippen molar-refractivity contribution in [2.75, 3.05) is 30.8 Å². The molecule has 40 heavy (non-hydrogen) atoms. The molecule has 5 rings (SSSR count). The highest BCUT2D eigenvalue weighted by Crippen LogP contribution is 2.27. The molecule has 2 fully saturated rings. The van der Waals surface area contributed by atoms with Gasteiger partial charge in [0.1, 0.15) is 0 Å². The number of likely N-dealkylation sites (tertiary alicyclic amines) is 1. The highest BCUT2D eigenvalue weighted by Gasteiger charge is 2.30. The third-order valence-corrected chi connectivity index (χ3v) is 7.52. The van der Waals surface area contributed by atoms with E-state index in [0.717, 1.165) is 31.2 Å². The summed E-state index contributed by atoms with van der Waals surface area (Å²) in [6, 6.07) is 23.6. The van der Waals surface area contributed by atoms with E-state index in [9.17, 15) is 19.2 Å². The van der Waals surface area contributed by atoms with E-state index in [1.165, 1.54) is 0 Å². The van der Waals surface area contributed by atoms with Gasteiger partial charge in [-0.25, -0.2) is 0 Å². The van der Waals surface area contributed by atoms with Gasteiger partial charge in [-0.3, -0.25) is 19.2 Å². The maximum absolute atomic E-state index is 12.9. The second kappa shape index (κ2) is 12.2. The maximum atomic E-state index is 12.9. The molecule has 0 bridgehead atoms. The van der Waals surface area contributed by atoms with E-state index in [4.69, 9.17) is 0 Å². The lowest BCUT2D eigenvalue weighted by Crippen LogP contribution is -2.43. The van der Waals surface area contributed by atoms with Crippen LogP contribution in [0.4, 0.5) is 11.4 Å². The van der Waals surface area contributed by atoms with Crippen LogP contribution in [-0.4, -0.2) is 59.6 Å². The summed E-state index contributed by atoms with van der Waals surface area (Å²) in [4.78, 5) is 54.3. The number of piperidine rings is 1. The van der Waals surface area contributed by atoms with Gasteiger partial charge in [0, 0.05) is 48.7 Å². The average molecular weight is 539 g/mol. The number of hydrogen-bond donors (Lipinski definition) is 2. The van der Waals surface area contributed by atoms with Crippen LogP contribution in [0.5, 0.6) is 0 Å². The van der Waals surface area contributed by atoms with E-state index in [2.05, 4.69) is 10.6 Å². The summed E-state index contributed by atoms with van der Waals surface area (Å²) >= 11 is 0. The summed E-state index contributed by atoms with van der Waals surface area (Å²) < 4.78 is 0. The lowest BCUT2D eigenvalue weighted by molar-refractivity contribution is -0.121. The smallest absolute Gasteiger partial charge is 0.253 e. The van der Waals surface area contributed by atoms with E-state index in [0.29, 0.717) is 41.6 Å². The molecular formula is C32H34N4O4. The molecule has 8 heteroatoms. The van der Waals surface area contributed by atoms with Gasteiger partial charge < -0.3 is 20.4 Å². The quantitative estimate of drug-likeness (QED) is 0.438. The van der Waals surface area contributed by atoms with Crippen molar-refractivity contribution in [3.63, 3.8) is 0 Å². The molecule has 1 aliphatic heterocycles. The number of amides is 4. The average Bonchev–Trinajstić information content (AvgIpc) is 3.84. The lowest BCUT2D eigenvalue weighted by atomic mass is 9.96. The minimum atomic E-state index is -0.275. The van der Waals surface area contributed by atoms with Crippen molar-refractivity contribution in [3.8, 4) is 0 Å². The number of nitrogens with zero attached hydrogens (tertiary/aromatic N) is 2. The Morgan fingerprint density at radius 3 is 2.12 bits per heavy atom. The van der Waals surface area contributed by atoms with Gasteiger partial charge in [0.05, 0.1) is 12.3 Å². The van der Waals surface area contributed by atoms with Gasteiger partial charge in [-0.05, 0) is 79.8 Å². The SMILES string of the molecule is CN(C(=O)c1ccc(NC(=O)Cc2ccc(NC(=O)C3CCCN(C(=O)c4ccccc4)C3)cc2)cc1)C1CC1. The summed E-state index contributed by atoms with van der Waals surface area (Å²) in [6.45, 7) is 1.04. The van der Waals surface area contributed by atoms with Crippen LogP contribution < -0.4 is 10.6 Å². The van der Waals surface area contributed by atoms with Crippen LogP contribution >= 0.6 is 0 Å². The highest BCUT2D eigenvalue weighted by atomic mass is 16.2. The van der Waals surface area contributed by atoms with E-state index >= 15 is 0 Å². The Morgan fingerprint density at radius 2 is 1.45 bits per heavy atom. The van der Waals surface area contributed by atoms with Crippen LogP contribution in [0.2, 0.25) is 0 Å². The van der Waals surface area contributed by atoms with Crippen molar-refractivity contribution < 1.29 is 19.2 Å².